The smallest absolute Gasteiger partial charge is 0.257 e. The van der Waals surface area contributed by atoms with Crippen molar-refractivity contribution >= 4 is 5.91 Å². The Morgan fingerprint density at radius 3 is 2.65 bits per heavy atom. The summed E-state index contributed by atoms with van der Waals surface area (Å²) < 4.78 is 2.22. The van der Waals surface area contributed by atoms with Gasteiger partial charge < -0.3 is 9.47 Å². The lowest BCUT2D eigenvalue weighted by Crippen LogP contribution is -2.38. The molecular weight excluding hydrogens is 290 g/mol. The molecule has 1 saturated carbocycles. The van der Waals surface area contributed by atoms with Crippen LogP contribution in [0.5, 0.6) is 0 Å². The number of carbonyl (C=O) groups excluding carboxylic acids is 1. The molecule has 1 atom stereocenters. The number of nitrogens with zero attached hydrogens (tertiary/aromatic N) is 5. The van der Waals surface area contributed by atoms with Crippen LogP contribution < -0.4 is 0 Å². The van der Waals surface area contributed by atoms with Gasteiger partial charge in [0.1, 0.15) is 12.2 Å². The molecular formula is C17H21N5O. The lowest BCUT2D eigenvalue weighted by molar-refractivity contribution is 0.0602. The highest BCUT2D eigenvalue weighted by Gasteiger charge is 2.38. The SMILES string of the molecule is O=C(c1cncnc1)N1CCCn2ccnc2C1C1CCCC1. The van der Waals surface area contributed by atoms with E-state index in [9.17, 15) is 4.79 Å². The van der Waals surface area contributed by atoms with E-state index in [0.717, 1.165) is 25.3 Å². The normalized spacial score (nSPS) is 21.9. The predicted octanol–water partition coefficient (Wildman–Crippen LogP) is 2.45. The van der Waals surface area contributed by atoms with E-state index in [1.54, 1.807) is 12.4 Å². The van der Waals surface area contributed by atoms with Crippen molar-refractivity contribution in [3.8, 4) is 0 Å². The lowest BCUT2D eigenvalue weighted by Gasteiger charge is -2.33. The van der Waals surface area contributed by atoms with E-state index in [1.807, 2.05) is 17.3 Å². The summed E-state index contributed by atoms with van der Waals surface area (Å²) in [5.41, 5.74) is 0.565. The molecule has 4 rings (SSSR count). The van der Waals surface area contributed by atoms with Crippen molar-refractivity contribution in [1.29, 1.82) is 0 Å². The first-order valence-corrected chi connectivity index (χ1v) is 8.41. The molecule has 2 aromatic rings. The minimum atomic E-state index is 0.0268. The van der Waals surface area contributed by atoms with Crippen molar-refractivity contribution in [3.63, 3.8) is 0 Å². The average molecular weight is 311 g/mol. The van der Waals surface area contributed by atoms with Crippen LogP contribution in [-0.2, 0) is 6.54 Å². The standard InChI is InChI=1S/C17H21N5O/c23-17(14-10-18-12-19-11-14)22-8-3-7-21-9-6-20-16(21)15(22)13-4-1-2-5-13/h6,9-13,15H,1-5,7-8H2. The fourth-order valence-corrected chi connectivity index (χ4v) is 4.01. The Labute approximate surface area is 135 Å². The third-order valence-electron chi connectivity index (χ3n) is 5.06. The Bertz CT molecular complexity index is 677. The third kappa shape index (κ3) is 2.62. The van der Waals surface area contributed by atoms with Gasteiger partial charge >= 0.3 is 0 Å². The monoisotopic (exact) mass is 311 g/mol. The topological polar surface area (TPSA) is 63.9 Å². The third-order valence-corrected chi connectivity index (χ3v) is 5.06. The summed E-state index contributed by atoms with van der Waals surface area (Å²) in [7, 11) is 0. The summed E-state index contributed by atoms with van der Waals surface area (Å²) in [6, 6.07) is 0.0720. The van der Waals surface area contributed by atoms with E-state index in [1.165, 1.54) is 32.0 Å². The molecule has 120 valence electrons. The van der Waals surface area contributed by atoms with Crippen molar-refractivity contribution in [3.05, 3.63) is 42.5 Å². The molecule has 1 aliphatic heterocycles. The second-order valence-electron chi connectivity index (χ2n) is 6.45. The van der Waals surface area contributed by atoms with Gasteiger partial charge in [-0.1, -0.05) is 12.8 Å². The number of aromatic nitrogens is 4. The van der Waals surface area contributed by atoms with Gasteiger partial charge in [0.15, 0.2) is 0 Å². The Balaban J connectivity index is 1.72. The maximum atomic E-state index is 13.1. The summed E-state index contributed by atoms with van der Waals surface area (Å²) in [5, 5.41) is 0. The molecule has 2 aliphatic rings. The average Bonchev–Trinajstić information content (AvgIpc) is 3.24. The quantitative estimate of drug-likeness (QED) is 0.854. The molecule has 2 aromatic heterocycles. The number of amides is 1. The molecule has 0 radical (unpaired) electrons. The molecule has 1 fully saturated rings. The van der Waals surface area contributed by atoms with Crippen LogP contribution in [0.1, 0.15) is 54.3 Å². The molecule has 0 saturated heterocycles. The van der Waals surface area contributed by atoms with Crippen LogP contribution in [0, 0.1) is 5.92 Å². The number of rotatable bonds is 2. The molecule has 6 nitrogen and oxygen atoms in total. The van der Waals surface area contributed by atoms with Crippen LogP contribution in [0.3, 0.4) is 0 Å². The van der Waals surface area contributed by atoms with Gasteiger partial charge in [-0.2, -0.15) is 0 Å². The lowest BCUT2D eigenvalue weighted by atomic mass is 9.95. The van der Waals surface area contributed by atoms with Crippen molar-refractivity contribution in [1.82, 2.24) is 24.4 Å². The Hall–Kier alpha value is -2.24. The second-order valence-corrected chi connectivity index (χ2v) is 6.45. The van der Waals surface area contributed by atoms with Crippen molar-refractivity contribution in [2.24, 2.45) is 5.92 Å². The van der Waals surface area contributed by atoms with Crippen LogP contribution >= 0.6 is 0 Å². The van der Waals surface area contributed by atoms with Crippen LogP contribution in [0.2, 0.25) is 0 Å². The second kappa shape index (κ2) is 6.10. The van der Waals surface area contributed by atoms with Gasteiger partial charge in [-0.3, -0.25) is 4.79 Å². The highest BCUT2D eigenvalue weighted by Crippen LogP contribution is 2.40. The summed E-state index contributed by atoms with van der Waals surface area (Å²) >= 11 is 0. The van der Waals surface area contributed by atoms with Crippen molar-refractivity contribution in [2.75, 3.05) is 6.54 Å². The van der Waals surface area contributed by atoms with Crippen LogP contribution in [-0.4, -0.2) is 36.9 Å². The van der Waals surface area contributed by atoms with Gasteiger partial charge in [-0.25, -0.2) is 15.0 Å². The van der Waals surface area contributed by atoms with Crippen LogP contribution in [0.15, 0.2) is 31.1 Å². The molecule has 1 aliphatic carbocycles. The number of hydrogen-bond acceptors (Lipinski definition) is 4. The van der Waals surface area contributed by atoms with Gasteiger partial charge in [-0.15, -0.1) is 0 Å². The Morgan fingerprint density at radius 2 is 1.87 bits per heavy atom. The van der Waals surface area contributed by atoms with Gasteiger partial charge in [-0.05, 0) is 25.2 Å². The van der Waals surface area contributed by atoms with Gasteiger partial charge in [0.05, 0.1) is 11.6 Å². The van der Waals surface area contributed by atoms with Crippen LogP contribution in [0.25, 0.3) is 0 Å². The van der Waals surface area contributed by atoms with Gasteiger partial charge in [0, 0.05) is 37.9 Å². The zero-order valence-corrected chi connectivity index (χ0v) is 13.1. The van der Waals surface area contributed by atoms with E-state index in [2.05, 4.69) is 19.5 Å². The van der Waals surface area contributed by atoms with Crippen molar-refractivity contribution < 1.29 is 4.79 Å². The maximum Gasteiger partial charge on any atom is 0.257 e. The highest BCUT2D eigenvalue weighted by atomic mass is 16.2. The minimum Gasteiger partial charge on any atom is -0.333 e. The number of carbonyl (C=O) groups is 1. The molecule has 0 bridgehead atoms. The van der Waals surface area contributed by atoms with E-state index in [4.69, 9.17) is 0 Å². The largest absolute Gasteiger partial charge is 0.333 e. The van der Waals surface area contributed by atoms with E-state index < -0.39 is 0 Å². The van der Waals surface area contributed by atoms with E-state index in [0.29, 0.717) is 11.5 Å². The maximum absolute atomic E-state index is 13.1. The molecule has 1 unspecified atom stereocenters. The Kier molecular flexibility index (Phi) is 3.81. The van der Waals surface area contributed by atoms with Crippen molar-refractivity contribution in [2.45, 2.75) is 44.7 Å². The minimum absolute atomic E-state index is 0.0268. The number of fused-ring (bicyclic) bond motifs is 1. The van der Waals surface area contributed by atoms with Gasteiger partial charge in [0.25, 0.3) is 5.91 Å². The molecule has 0 N–H and O–H groups in total. The Morgan fingerprint density at radius 1 is 1.09 bits per heavy atom. The molecule has 0 spiro atoms. The molecule has 1 amide bonds. The first-order valence-electron chi connectivity index (χ1n) is 8.41. The first-order chi connectivity index (χ1) is 11.3. The van der Waals surface area contributed by atoms with E-state index >= 15 is 0 Å². The summed E-state index contributed by atoms with van der Waals surface area (Å²) in [6.07, 6.45) is 14.4. The van der Waals surface area contributed by atoms with E-state index in [-0.39, 0.29) is 11.9 Å². The number of aryl methyl sites for hydroxylation is 1. The number of hydrogen-bond donors (Lipinski definition) is 0. The van der Waals surface area contributed by atoms with Crippen LogP contribution in [0.4, 0.5) is 0 Å². The summed E-state index contributed by atoms with van der Waals surface area (Å²) in [6.45, 7) is 1.69. The first kappa shape index (κ1) is 14.4. The molecule has 3 heterocycles. The molecule has 6 heteroatoms. The van der Waals surface area contributed by atoms with Gasteiger partial charge in [0.2, 0.25) is 0 Å². The summed E-state index contributed by atoms with van der Waals surface area (Å²) in [4.78, 5) is 27.7. The predicted molar refractivity (Wildman–Crippen MR) is 84.6 cm³/mol. The summed E-state index contributed by atoms with van der Waals surface area (Å²) in [5.74, 6) is 1.57. The fraction of sp³-hybridized carbons (Fsp3) is 0.529. The highest BCUT2D eigenvalue weighted by molar-refractivity contribution is 5.93. The molecule has 23 heavy (non-hydrogen) atoms. The zero-order valence-electron chi connectivity index (χ0n) is 13.1. The molecule has 0 aromatic carbocycles. The number of imidazole rings is 1. The zero-order chi connectivity index (χ0) is 15.6. The fourth-order valence-electron chi connectivity index (χ4n) is 4.01.